The third kappa shape index (κ3) is 4.88. The van der Waals surface area contributed by atoms with Crippen LogP contribution in [0.4, 0.5) is 0 Å². The van der Waals surface area contributed by atoms with Gasteiger partial charge in [-0.3, -0.25) is 9.13 Å². The van der Waals surface area contributed by atoms with E-state index in [1.54, 1.807) is 0 Å². The van der Waals surface area contributed by atoms with Crippen molar-refractivity contribution in [2.45, 2.75) is 6.35 Å². The minimum atomic E-state index is -0.498. The van der Waals surface area contributed by atoms with E-state index in [2.05, 4.69) is 191 Å². The molecule has 54 heavy (non-hydrogen) atoms. The van der Waals surface area contributed by atoms with Gasteiger partial charge in [0.1, 0.15) is 11.6 Å². The molecule has 0 bridgehead atoms. The average Bonchev–Trinajstić information content (AvgIpc) is 3.80. The van der Waals surface area contributed by atoms with Crippen LogP contribution in [0.5, 0.6) is 5.75 Å². The van der Waals surface area contributed by atoms with E-state index < -0.39 is 6.35 Å². The van der Waals surface area contributed by atoms with Crippen molar-refractivity contribution in [3.63, 3.8) is 0 Å². The fraction of sp³-hybridized carbons (Fsp3) is 0.0200. The maximum absolute atomic E-state index is 7.03. The number of benzene rings is 8. The first-order valence-corrected chi connectivity index (χ1v) is 18.4. The van der Waals surface area contributed by atoms with Gasteiger partial charge in [0.25, 0.3) is 6.35 Å². The highest BCUT2D eigenvalue weighted by atomic mass is 16.5. The molecule has 11 rings (SSSR count). The summed E-state index contributed by atoms with van der Waals surface area (Å²) in [5.74, 6) is 1.73. The van der Waals surface area contributed by atoms with Crippen molar-refractivity contribution in [2.75, 3.05) is 0 Å². The van der Waals surface area contributed by atoms with Crippen molar-refractivity contribution in [3.05, 3.63) is 194 Å². The lowest BCUT2D eigenvalue weighted by atomic mass is 9.96. The number of hydrogen-bond donors (Lipinski definition) is 0. The highest BCUT2D eigenvalue weighted by Crippen LogP contribution is 2.45. The average molecular weight is 692 g/mol. The summed E-state index contributed by atoms with van der Waals surface area (Å²) in [7, 11) is 0. The molecule has 1 unspecified atom stereocenters. The van der Waals surface area contributed by atoms with E-state index in [1.807, 2.05) is 12.1 Å². The monoisotopic (exact) mass is 691 g/mol. The summed E-state index contributed by atoms with van der Waals surface area (Å²) >= 11 is 0. The molecule has 0 amide bonds. The number of rotatable bonds is 5. The Kier molecular flexibility index (Phi) is 6.89. The second kappa shape index (κ2) is 12.2. The van der Waals surface area contributed by atoms with Crippen LogP contribution in [0, 0.1) is 0 Å². The van der Waals surface area contributed by atoms with Crippen molar-refractivity contribution in [1.82, 2.24) is 14.1 Å². The predicted octanol–water partition coefficient (Wildman–Crippen LogP) is 12.9. The first kappa shape index (κ1) is 30.5. The lowest BCUT2D eigenvalue weighted by Gasteiger charge is -2.30. The van der Waals surface area contributed by atoms with Crippen molar-refractivity contribution in [3.8, 4) is 61.6 Å². The SMILES string of the molecule is c1ccc(-c2cccc(-c3ccc4c(c3)c3cc(-c5cccc(-c6ccccc6)c5)ccc3n4C3Oc4ccccc4-c4nc5ccccc5n43)c2)cc1. The van der Waals surface area contributed by atoms with Crippen LogP contribution in [-0.4, -0.2) is 14.1 Å². The molecule has 4 heteroatoms. The Morgan fingerprint density at radius 3 is 1.46 bits per heavy atom. The topological polar surface area (TPSA) is 32.0 Å². The van der Waals surface area contributed by atoms with Gasteiger partial charge in [-0.15, -0.1) is 0 Å². The van der Waals surface area contributed by atoms with Gasteiger partial charge in [0.15, 0.2) is 0 Å². The number of ether oxygens (including phenoxy) is 1. The van der Waals surface area contributed by atoms with Crippen LogP contribution >= 0.6 is 0 Å². The summed E-state index contributed by atoms with van der Waals surface area (Å²) in [5, 5.41) is 2.34. The largest absolute Gasteiger partial charge is 0.451 e. The minimum Gasteiger partial charge on any atom is -0.451 e. The normalized spacial score (nSPS) is 13.5. The molecular formula is C50H33N3O. The maximum Gasteiger partial charge on any atom is 0.263 e. The number of aromatic nitrogens is 3. The van der Waals surface area contributed by atoms with Gasteiger partial charge in [-0.1, -0.05) is 133 Å². The molecular weight excluding hydrogens is 659 g/mol. The summed E-state index contributed by atoms with van der Waals surface area (Å²) in [6.45, 7) is 0. The van der Waals surface area contributed by atoms with Crippen molar-refractivity contribution in [1.29, 1.82) is 0 Å². The van der Waals surface area contributed by atoms with Crippen LogP contribution in [0.25, 0.3) is 88.7 Å². The zero-order chi connectivity index (χ0) is 35.6. The molecule has 1 aliphatic rings. The molecule has 0 spiro atoms. The molecule has 8 aromatic carbocycles. The van der Waals surface area contributed by atoms with Crippen LogP contribution in [-0.2, 0) is 0 Å². The Morgan fingerprint density at radius 1 is 0.370 bits per heavy atom. The fourth-order valence-corrected chi connectivity index (χ4v) is 8.22. The summed E-state index contributed by atoms with van der Waals surface area (Å²) in [5.41, 5.74) is 14.7. The summed E-state index contributed by atoms with van der Waals surface area (Å²) < 4.78 is 11.6. The molecule has 0 saturated heterocycles. The van der Waals surface area contributed by atoms with Gasteiger partial charge in [0.05, 0.1) is 27.6 Å². The summed E-state index contributed by atoms with van der Waals surface area (Å²) in [4.78, 5) is 5.16. The summed E-state index contributed by atoms with van der Waals surface area (Å²) in [6, 6.07) is 69.1. The fourth-order valence-electron chi connectivity index (χ4n) is 8.22. The second-order valence-corrected chi connectivity index (χ2v) is 14.0. The van der Waals surface area contributed by atoms with Crippen LogP contribution < -0.4 is 4.74 Å². The highest BCUT2D eigenvalue weighted by molar-refractivity contribution is 6.11. The molecule has 0 N–H and O–H groups in total. The molecule has 4 nitrogen and oxygen atoms in total. The zero-order valence-corrected chi connectivity index (χ0v) is 29.3. The zero-order valence-electron chi connectivity index (χ0n) is 29.3. The number of fused-ring (bicyclic) bond motifs is 8. The van der Waals surface area contributed by atoms with Gasteiger partial charge < -0.3 is 4.74 Å². The first-order valence-electron chi connectivity index (χ1n) is 18.4. The van der Waals surface area contributed by atoms with Crippen LogP contribution in [0.15, 0.2) is 194 Å². The molecule has 0 fully saturated rings. The van der Waals surface area contributed by atoms with E-state index in [4.69, 9.17) is 9.72 Å². The number of nitrogens with zero attached hydrogens (tertiary/aromatic N) is 3. The van der Waals surface area contributed by atoms with Gasteiger partial charge >= 0.3 is 0 Å². The van der Waals surface area contributed by atoms with Gasteiger partial charge in [-0.2, -0.15) is 0 Å². The van der Waals surface area contributed by atoms with E-state index in [1.165, 1.54) is 55.3 Å². The summed E-state index contributed by atoms with van der Waals surface area (Å²) in [6.07, 6.45) is -0.498. The van der Waals surface area contributed by atoms with Gasteiger partial charge in [0.2, 0.25) is 0 Å². The molecule has 0 aliphatic carbocycles. The maximum atomic E-state index is 7.03. The smallest absolute Gasteiger partial charge is 0.263 e. The number of imidazole rings is 1. The van der Waals surface area contributed by atoms with Crippen molar-refractivity contribution < 1.29 is 4.74 Å². The van der Waals surface area contributed by atoms with E-state index in [-0.39, 0.29) is 0 Å². The van der Waals surface area contributed by atoms with Gasteiger partial charge in [-0.05, 0) is 105 Å². The molecule has 0 radical (unpaired) electrons. The number of para-hydroxylation sites is 3. The highest BCUT2D eigenvalue weighted by Gasteiger charge is 2.32. The Bertz CT molecular complexity index is 2890. The van der Waals surface area contributed by atoms with E-state index in [0.29, 0.717) is 0 Å². The Morgan fingerprint density at radius 2 is 0.852 bits per heavy atom. The quantitative estimate of drug-likeness (QED) is 0.180. The van der Waals surface area contributed by atoms with Crippen molar-refractivity contribution in [2.24, 2.45) is 0 Å². The third-order valence-electron chi connectivity index (χ3n) is 10.8. The van der Waals surface area contributed by atoms with Gasteiger partial charge in [0, 0.05) is 10.8 Å². The Balaban J connectivity index is 1.14. The Hall–Kier alpha value is -7.17. The number of hydrogen-bond acceptors (Lipinski definition) is 2. The van der Waals surface area contributed by atoms with Crippen LogP contribution in [0.2, 0.25) is 0 Å². The molecule has 1 aliphatic heterocycles. The predicted molar refractivity (Wildman–Crippen MR) is 221 cm³/mol. The van der Waals surface area contributed by atoms with E-state index >= 15 is 0 Å². The third-order valence-corrected chi connectivity index (χ3v) is 10.8. The minimum absolute atomic E-state index is 0.498. The second-order valence-electron chi connectivity index (χ2n) is 14.0. The first-order chi connectivity index (χ1) is 26.8. The molecule has 10 aromatic rings. The molecule has 1 atom stereocenters. The molecule has 3 heterocycles. The molecule has 254 valence electrons. The lowest BCUT2D eigenvalue weighted by molar-refractivity contribution is 0.109. The molecule has 0 saturated carbocycles. The van der Waals surface area contributed by atoms with Crippen LogP contribution in [0.1, 0.15) is 6.35 Å². The standard InChI is InChI=1S/C50H33N3O/c1-3-13-33(14-4-1)35-17-11-19-37(29-35)39-25-27-45-42(31-39)43-32-40(38-20-12-18-36(30-38)34-15-5-2-6-16-34)26-28-46(43)52(45)50-53-47-23-9-8-22-44(47)51-49(53)41-21-7-10-24-48(41)54-50/h1-32,50H. The van der Waals surface area contributed by atoms with Gasteiger partial charge in [-0.25, -0.2) is 4.98 Å². The lowest BCUT2D eigenvalue weighted by Crippen LogP contribution is -2.27. The van der Waals surface area contributed by atoms with E-state index in [9.17, 15) is 0 Å². The Labute approximate surface area is 312 Å². The molecule has 2 aromatic heterocycles. The van der Waals surface area contributed by atoms with Crippen molar-refractivity contribution >= 4 is 32.8 Å². The van der Waals surface area contributed by atoms with E-state index in [0.717, 1.165) is 39.2 Å². The van der Waals surface area contributed by atoms with Crippen LogP contribution in [0.3, 0.4) is 0 Å².